The van der Waals surface area contributed by atoms with E-state index in [2.05, 4.69) is 36.5 Å². The van der Waals surface area contributed by atoms with E-state index in [0.717, 1.165) is 34.1 Å². The van der Waals surface area contributed by atoms with Gasteiger partial charge in [0, 0.05) is 10.9 Å². The number of rotatable bonds is 5. The summed E-state index contributed by atoms with van der Waals surface area (Å²) in [7, 11) is 1.60. The van der Waals surface area contributed by atoms with Gasteiger partial charge in [-0.15, -0.1) is 0 Å². The highest BCUT2D eigenvalue weighted by Gasteiger charge is 2.16. The molecule has 0 saturated carbocycles. The second-order valence-electron chi connectivity index (χ2n) is 7.28. The maximum absolute atomic E-state index is 13.3. The summed E-state index contributed by atoms with van der Waals surface area (Å²) < 4.78 is 5.41. The number of amides is 1. The Labute approximate surface area is 176 Å². The maximum Gasteiger partial charge on any atom is 0.256 e. The molecule has 0 atom stereocenters. The number of aromatic nitrogens is 1. The van der Waals surface area contributed by atoms with Crippen molar-refractivity contribution in [1.29, 1.82) is 0 Å². The average Bonchev–Trinajstić information content (AvgIpc) is 2.78. The molecule has 0 bridgehead atoms. The molecule has 1 aromatic heterocycles. The van der Waals surface area contributed by atoms with Crippen molar-refractivity contribution in [3.8, 4) is 17.0 Å². The highest BCUT2D eigenvalue weighted by Crippen LogP contribution is 2.29. The van der Waals surface area contributed by atoms with E-state index < -0.39 is 0 Å². The van der Waals surface area contributed by atoms with Crippen LogP contribution in [0.25, 0.3) is 22.2 Å². The van der Waals surface area contributed by atoms with E-state index in [1.165, 1.54) is 5.56 Å². The monoisotopic (exact) mass is 396 g/mol. The second-order valence-corrected chi connectivity index (χ2v) is 7.28. The Balaban J connectivity index is 1.79. The highest BCUT2D eigenvalue weighted by molar-refractivity contribution is 6.13. The van der Waals surface area contributed by atoms with Gasteiger partial charge < -0.3 is 10.1 Å². The second kappa shape index (κ2) is 8.37. The number of para-hydroxylation sites is 1. The number of carbonyl (C=O) groups excluding carboxylic acids is 1. The molecule has 1 heterocycles. The van der Waals surface area contributed by atoms with Crippen molar-refractivity contribution < 1.29 is 9.53 Å². The lowest BCUT2D eigenvalue weighted by molar-refractivity contribution is 0.102. The van der Waals surface area contributed by atoms with Crippen LogP contribution in [0.2, 0.25) is 0 Å². The molecular weight excluding hydrogens is 372 g/mol. The van der Waals surface area contributed by atoms with E-state index in [1.807, 2.05) is 55.5 Å². The van der Waals surface area contributed by atoms with Crippen LogP contribution >= 0.6 is 0 Å². The highest BCUT2D eigenvalue weighted by atomic mass is 16.5. The fraction of sp³-hybridized carbons (Fsp3) is 0.154. The Kier molecular flexibility index (Phi) is 5.48. The van der Waals surface area contributed by atoms with Crippen molar-refractivity contribution in [2.24, 2.45) is 0 Å². The minimum absolute atomic E-state index is 0.191. The zero-order chi connectivity index (χ0) is 21.1. The van der Waals surface area contributed by atoms with Crippen LogP contribution in [0, 0.1) is 6.92 Å². The number of carbonyl (C=O) groups is 1. The van der Waals surface area contributed by atoms with Crippen LogP contribution in [-0.4, -0.2) is 18.0 Å². The largest absolute Gasteiger partial charge is 0.495 e. The van der Waals surface area contributed by atoms with E-state index in [9.17, 15) is 4.79 Å². The lowest BCUT2D eigenvalue weighted by Crippen LogP contribution is -2.14. The van der Waals surface area contributed by atoms with Gasteiger partial charge in [-0.05, 0) is 48.7 Å². The van der Waals surface area contributed by atoms with Gasteiger partial charge in [-0.1, -0.05) is 55.5 Å². The topological polar surface area (TPSA) is 51.2 Å². The molecule has 4 nitrogen and oxygen atoms in total. The van der Waals surface area contributed by atoms with Gasteiger partial charge in [0.2, 0.25) is 0 Å². The van der Waals surface area contributed by atoms with Gasteiger partial charge in [-0.3, -0.25) is 4.79 Å². The van der Waals surface area contributed by atoms with Gasteiger partial charge >= 0.3 is 0 Å². The fourth-order valence-corrected chi connectivity index (χ4v) is 3.53. The van der Waals surface area contributed by atoms with Crippen LogP contribution in [0.1, 0.15) is 28.4 Å². The van der Waals surface area contributed by atoms with Gasteiger partial charge in [-0.2, -0.15) is 0 Å². The number of anilines is 1. The van der Waals surface area contributed by atoms with Gasteiger partial charge in [0.05, 0.1) is 29.6 Å². The Hall–Kier alpha value is -3.66. The Morgan fingerprint density at radius 2 is 1.77 bits per heavy atom. The number of pyridine rings is 1. The van der Waals surface area contributed by atoms with Crippen LogP contribution < -0.4 is 10.1 Å². The Bertz CT molecular complexity index is 1210. The van der Waals surface area contributed by atoms with E-state index in [4.69, 9.17) is 9.72 Å². The number of benzene rings is 3. The molecule has 4 rings (SSSR count). The van der Waals surface area contributed by atoms with Crippen LogP contribution in [0.3, 0.4) is 0 Å². The molecule has 150 valence electrons. The SMILES string of the molecule is CCc1ccc(-c2cc(C(=O)Nc3cc(C)ccc3OC)c3ccccc3n2)cc1. The number of nitrogens with one attached hydrogen (secondary N) is 1. The molecule has 1 N–H and O–H groups in total. The third kappa shape index (κ3) is 3.90. The van der Waals surface area contributed by atoms with Gasteiger partial charge in [0.25, 0.3) is 5.91 Å². The molecule has 30 heavy (non-hydrogen) atoms. The summed E-state index contributed by atoms with van der Waals surface area (Å²) in [5, 5.41) is 3.83. The van der Waals surface area contributed by atoms with Gasteiger partial charge in [-0.25, -0.2) is 4.98 Å². The summed E-state index contributed by atoms with van der Waals surface area (Å²) in [6.45, 7) is 4.11. The molecule has 0 aliphatic carbocycles. The van der Waals surface area contributed by atoms with Crippen molar-refractivity contribution in [3.05, 3.63) is 89.5 Å². The van der Waals surface area contributed by atoms with Crippen molar-refractivity contribution in [1.82, 2.24) is 4.98 Å². The molecule has 0 radical (unpaired) electrons. The fourth-order valence-electron chi connectivity index (χ4n) is 3.53. The molecular formula is C26H24N2O2. The smallest absolute Gasteiger partial charge is 0.256 e. The van der Waals surface area contributed by atoms with Crippen molar-refractivity contribution in [2.45, 2.75) is 20.3 Å². The molecule has 4 heteroatoms. The van der Waals surface area contributed by atoms with Crippen molar-refractivity contribution in [3.63, 3.8) is 0 Å². The third-order valence-corrected chi connectivity index (χ3v) is 5.22. The lowest BCUT2D eigenvalue weighted by Gasteiger charge is -2.13. The van der Waals surface area contributed by atoms with Crippen LogP contribution in [-0.2, 0) is 6.42 Å². The molecule has 3 aromatic carbocycles. The molecule has 0 aliphatic heterocycles. The van der Waals surface area contributed by atoms with E-state index in [-0.39, 0.29) is 5.91 Å². The molecule has 0 unspecified atom stereocenters. The molecule has 0 aliphatic rings. The van der Waals surface area contributed by atoms with Crippen LogP contribution in [0.15, 0.2) is 72.8 Å². The summed E-state index contributed by atoms with van der Waals surface area (Å²) >= 11 is 0. The summed E-state index contributed by atoms with van der Waals surface area (Å²) in [6, 6.07) is 23.6. The number of ether oxygens (including phenoxy) is 1. The number of fused-ring (bicyclic) bond motifs is 1. The number of hydrogen-bond acceptors (Lipinski definition) is 3. The first kappa shape index (κ1) is 19.6. The van der Waals surface area contributed by atoms with Crippen molar-refractivity contribution in [2.75, 3.05) is 12.4 Å². The predicted molar refractivity (Wildman–Crippen MR) is 122 cm³/mol. The first-order valence-electron chi connectivity index (χ1n) is 10.0. The average molecular weight is 396 g/mol. The Morgan fingerprint density at radius 3 is 2.50 bits per heavy atom. The zero-order valence-electron chi connectivity index (χ0n) is 17.4. The number of methoxy groups -OCH3 is 1. The maximum atomic E-state index is 13.3. The van der Waals surface area contributed by atoms with Crippen molar-refractivity contribution >= 4 is 22.5 Å². The van der Waals surface area contributed by atoms with Gasteiger partial charge in [0.1, 0.15) is 5.75 Å². The number of hydrogen-bond donors (Lipinski definition) is 1. The first-order chi connectivity index (χ1) is 14.6. The summed E-state index contributed by atoms with van der Waals surface area (Å²) in [6.07, 6.45) is 0.984. The van der Waals surface area contributed by atoms with Gasteiger partial charge in [0.15, 0.2) is 0 Å². The Morgan fingerprint density at radius 1 is 1.00 bits per heavy atom. The number of nitrogens with zero attached hydrogens (tertiary/aromatic N) is 1. The minimum atomic E-state index is -0.191. The molecule has 4 aromatic rings. The molecule has 1 amide bonds. The van der Waals surface area contributed by atoms with E-state index in [1.54, 1.807) is 7.11 Å². The number of aryl methyl sites for hydroxylation is 2. The summed E-state index contributed by atoms with van der Waals surface area (Å²) in [4.78, 5) is 18.1. The summed E-state index contributed by atoms with van der Waals surface area (Å²) in [5.41, 5.74) is 6.09. The summed E-state index contributed by atoms with van der Waals surface area (Å²) in [5.74, 6) is 0.437. The minimum Gasteiger partial charge on any atom is -0.495 e. The normalized spacial score (nSPS) is 10.8. The quantitative estimate of drug-likeness (QED) is 0.448. The predicted octanol–water partition coefficient (Wildman–Crippen LogP) is 6.03. The molecule has 0 saturated heterocycles. The lowest BCUT2D eigenvalue weighted by atomic mass is 10.0. The van der Waals surface area contributed by atoms with Crippen LogP contribution in [0.4, 0.5) is 5.69 Å². The van der Waals surface area contributed by atoms with Crippen LogP contribution in [0.5, 0.6) is 5.75 Å². The first-order valence-corrected chi connectivity index (χ1v) is 10.0. The van der Waals surface area contributed by atoms with E-state index in [0.29, 0.717) is 17.0 Å². The van der Waals surface area contributed by atoms with E-state index >= 15 is 0 Å². The molecule has 0 fully saturated rings. The standard InChI is InChI=1S/C26H24N2O2/c1-4-18-10-12-19(13-11-18)23-16-21(20-7-5-6-8-22(20)27-23)26(29)28-24-15-17(2)9-14-25(24)30-3/h5-16H,4H2,1-3H3,(H,28,29). The third-order valence-electron chi connectivity index (χ3n) is 5.22. The molecule has 0 spiro atoms. The zero-order valence-corrected chi connectivity index (χ0v) is 17.4.